The standard InChI is InChI=1S/C21H19N5O2S/c27-20(15-2-5-17(6-3-15)26-9-1-8-22-26)23-16-4-7-18-19(14-16)29-21(24-18)25-10-12-28-13-11-25/h1-9,14H,10-13H2,(H,23,27). The molecule has 0 atom stereocenters. The van der Waals surface area contributed by atoms with Crippen LogP contribution in [0.25, 0.3) is 15.9 Å². The molecule has 1 N–H and O–H groups in total. The zero-order valence-corrected chi connectivity index (χ0v) is 16.4. The van der Waals surface area contributed by atoms with Crippen molar-refractivity contribution in [3.63, 3.8) is 0 Å². The molecule has 1 fully saturated rings. The van der Waals surface area contributed by atoms with Gasteiger partial charge in [0.15, 0.2) is 5.13 Å². The quantitative estimate of drug-likeness (QED) is 0.562. The van der Waals surface area contributed by atoms with Gasteiger partial charge in [0, 0.05) is 36.7 Å². The average molecular weight is 405 g/mol. The fraction of sp³-hybridized carbons (Fsp3) is 0.190. The van der Waals surface area contributed by atoms with Gasteiger partial charge in [-0.1, -0.05) is 11.3 Å². The molecule has 1 amide bonds. The van der Waals surface area contributed by atoms with Crippen LogP contribution in [0, 0.1) is 0 Å². The van der Waals surface area contributed by atoms with E-state index in [1.54, 1.807) is 34.3 Å². The maximum Gasteiger partial charge on any atom is 0.255 e. The van der Waals surface area contributed by atoms with E-state index in [9.17, 15) is 4.79 Å². The van der Waals surface area contributed by atoms with Gasteiger partial charge >= 0.3 is 0 Å². The number of amides is 1. The van der Waals surface area contributed by atoms with E-state index in [2.05, 4.69) is 15.3 Å². The summed E-state index contributed by atoms with van der Waals surface area (Å²) >= 11 is 1.64. The number of fused-ring (bicyclic) bond motifs is 1. The van der Waals surface area contributed by atoms with Gasteiger partial charge in [-0.3, -0.25) is 4.79 Å². The van der Waals surface area contributed by atoms with Crippen molar-refractivity contribution in [1.82, 2.24) is 14.8 Å². The number of hydrogen-bond acceptors (Lipinski definition) is 6. The summed E-state index contributed by atoms with van der Waals surface area (Å²) < 4.78 is 8.22. The predicted octanol–water partition coefficient (Wildman–Crippen LogP) is 3.57. The monoisotopic (exact) mass is 405 g/mol. The second-order valence-electron chi connectivity index (χ2n) is 6.73. The van der Waals surface area contributed by atoms with Gasteiger partial charge in [0.1, 0.15) is 0 Å². The second kappa shape index (κ2) is 7.65. The van der Waals surface area contributed by atoms with E-state index in [0.717, 1.165) is 53.0 Å². The van der Waals surface area contributed by atoms with E-state index in [-0.39, 0.29) is 5.91 Å². The number of hydrogen-bond donors (Lipinski definition) is 1. The molecule has 2 aromatic heterocycles. The molecule has 3 heterocycles. The third kappa shape index (κ3) is 3.72. The molecule has 7 nitrogen and oxygen atoms in total. The molecule has 0 unspecified atom stereocenters. The van der Waals surface area contributed by atoms with Gasteiger partial charge in [-0.15, -0.1) is 0 Å². The van der Waals surface area contributed by atoms with Gasteiger partial charge in [0.05, 0.1) is 29.1 Å². The van der Waals surface area contributed by atoms with E-state index >= 15 is 0 Å². The third-order valence-electron chi connectivity index (χ3n) is 4.82. The van der Waals surface area contributed by atoms with E-state index < -0.39 is 0 Å². The molecule has 146 valence electrons. The second-order valence-corrected chi connectivity index (χ2v) is 7.74. The SMILES string of the molecule is O=C(Nc1ccc2nc(N3CCOCC3)sc2c1)c1ccc(-n2cccn2)cc1. The number of rotatable bonds is 4. The minimum atomic E-state index is -0.144. The molecule has 0 saturated carbocycles. The zero-order valence-electron chi connectivity index (χ0n) is 15.6. The summed E-state index contributed by atoms with van der Waals surface area (Å²) in [5.41, 5.74) is 3.21. The first-order chi connectivity index (χ1) is 14.3. The summed E-state index contributed by atoms with van der Waals surface area (Å²) in [6.45, 7) is 3.18. The molecule has 5 rings (SSSR count). The number of ether oxygens (including phenoxy) is 1. The summed E-state index contributed by atoms with van der Waals surface area (Å²) in [6.07, 6.45) is 3.59. The van der Waals surface area contributed by atoms with Crippen LogP contribution in [0.15, 0.2) is 60.9 Å². The van der Waals surface area contributed by atoms with Crippen LogP contribution in [0.2, 0.25) is 0 Å². The lowest BCUT2D eigenvalue weighted by atomic mass is 10.2. The molecule has 0 bridgehead atoms. The minimum absolute atomic E-state index is 0.144. The fourth-order valence-corrected chi connectivity index (χ4v) is 4.33. The van der Waals surface area contributed by atoms with Crippen LogP contribution in [0.4, 0.5) is 10.8 Å². The molecule has 1 aliphatic heterocycles. The lowest BCUT2D eigenvalue weighted by molar-refractivity contribution is 0.102. The molecular weight excluding hydrogens is 386 g/mol. The molecule has 0 aliphatic carbocycles. The van der Waals surface area contributed by atoms with Crippen LogP contribution in [0.5, 0.6) is 0 Å². The molecule has 29 heavy (non-hydrogen) atoms. The van der Waals surface area contributed by atoms with Crippen LogP contribution < -0.4 is 10.2 Å². The van der Waals surface area contributed by atoms with Crippen LogP contribution in [0.1, 0.15) is 10.4 Å². The fourth-order valence-electron chi connectivity index (χ4n) is 3.27. The van der Waals surface area contributed by atoms with Gasteiger partial charge < -0.3 is 15.0 Å². The van der Waals surface area contributed by atoms with E-state index in [1.807, 2.05) is 42.6 Å². The normalized spacial score (nSPS) is 14.3. The maximum atomic E-state index is 12.6. The molecule has 0 radical (unpaired) electrons. The van der Waals surface area contributed by atoms with Crippen LogP contribution in [0.3, 0.4) is 0 Å². The number of benzene rings is 2. The van der Waals surface area contributed by atoms with E-state index in [1.165, 1.54) is 0 Å². The number of aromatic nitrogens is 3. The first-order valence-corrected chi connectivity index (χ1v) is 10.2. The van der Waals surface area contributed by atoms with Crippen LogP contribution in [-0.4, -0.2) is 47.0 Å². The summed E-state index contributed by atoms with van der Waals surface area (Å²) in [5, 5.41) is 8.17. The molecular formula is C21H19N5O2S. The largest absolute Gasteiger partial charge is 0.378 e. The van der Waals surface area contributed by atoms with E-state index in [4.69, 9.17) is 9.72 Å². The molecule has 1 saturated heterocycles. The zero-order chi connectivity index (χ0) is 19.6. The van der Waals surface area contributed by atoms with Crippen molar-refractivity contribution in [3.8, 4) is 5.69 Å². The Hall–Kier alpha value is -3.23. The topological polar surface area (TPSA) is 72.3 Å². The summed E-state index contributed by atoms with van der Waals surface area (Å²) in [5.74, 6) is -0.144. The molecule has 8 heteroatoms. The van der Waals surface area contributed by atoms with Crippen molar-refractivity contribution in [3.05, 3.63) is 66.5 Å². The van der Waals surface area contributed by atoms with Crippen molar-refractivity contribution in [2.75, 3.05) is 36.5 Å². The number of anilines is 2. The molecule has 1 aliphatic rings. The van der Waals surface area contributed by atoms with Crippen molar-refractivity contribution >= 4 is 38.3 Å². The van der Waals surface area contributed by atoms with Gasteiger partial charge in [-0.2, -0.15) is 5.10 Å². The molecule has 0 spiro atoms. The number of nitrogens with zero attached hydrogens (tertiary/aromatic N) is 4. The Morgan fingerprint density at radius 3 is 2.69 bits per heavy atom. The Bertz CT molecular complexity index is 1130. The Morgan fingerprint density at radius 1 is 1.10 bits per heavy atom. The first-order valence-electron chi connectivity index (χ1n) is 9.41. The Kier molecular flexibility index (Phi) is 4.71. The molecule has 4 aromatic rings. The summed E-state index contributed by atoms with van der Waals surface area (Å²) in [4.78, 5) is 19.6. The van der Waals surface area contributed by atoms with Crippen molar-refractivity contribution in [2.45, 2.75) is 0 Å². The number of carbonyl (C=O) groups is 1. The van der Waals surface area contributed by atoms with Gasteiger partial charge in [0.25, 0.3) is 5.91 Å². The Balaban J connectivity index is 1.32. The number of carbonyl (C=O) groups excluding carboxylic acids is 1. The Labute approximate surface area is 171 Å². The van der Waals surface area contributed by atoms with Crippen LogP contribution in [-0.2, 0) is 4.74 Å². The highest BCUT2D eigenvalue weighted by Gasteiger charge is 2.16. The van der Waals surface area contributed by atoms with Gasteiger partial charge in [0.2, 0.25) is 0 Å². The van der Waals surface area contributed by atoms with Crippen molar-refractivity contribution < 1.29 is 9.53 Å². The highest BCUT2D eigenvalue weighted by molar-refractivity contribution is 7.22. The predicted molar refractivity (Wildman–Crippen MR) is 114 cm³/mol. The minimum Gasteiger partial charge on any atom is -0.378 e. The van der Waals surface area contributed by atoms with Crippen molar-refractivity contribution in [2.24, 2.45) is 0 Å². The number of nitrogens with one attached hydrogen (secondary N) is 1. The first kappa shape index (κ1) is 17.8. The lowest BCUT2D eigenvalue weighted by Gasteiger charge is -2.25. The maximum absolute atomic E-state index is 12.6. The summed E-state index contributed by atoms with van der Waals surface area (Å²) in [6, 6.07) is 15.0. The number of thiazole rings is 1. The smallest absolute Gasteiger partial charge is 0.255 e. The number of morpholine rings is 1. The average Bonchev–Trinajstić information content (AvgIpc) is 3.44. The van der Waals surface area contributed by atoms with Crippen LogP contribution >= 0.6 is 11.3 Å². The third-order valence-corrected chi connectivity index (χ3v) is 5.89. The summed E-state index contributed by atoms with van der Waals surface area (Å²) in [7, 11) is 0. The van der Waals surface area contributed by atoms with E-state index in [0.29, 0.717) is 5.56 Å². The van der Waals surface area contributed by atoms with Gasteiger partial charge in [-0.05, 0) is 48.5 Å². The lowest BCUT2D eigenvalue weighted by Crippen LogP contribution is -2.36. The Morgan fingerprint density at radius 2 is 1.93 bits per heavy atom. The molecule has 2 aromatic carbocycles. The van der Waals surface area contributed by atoms with Gasteiger partial charge in [-0.25, -0.2) is 9.67 Å². The highest BCUT2D eigenvalue weighted by atomic mass is 32.1. The van der Waals surface area contributed by atoms with Crippen molar-refractivity contribution in [1.29, 1.82) is 0 Å². The highest BCUT2D eigenvalue weighted by Crippen LogP contribution is 2.31.